The van der Waals surface area contributed by atoms with Crippen molar-refractivity contribution in [2.24, 2.45) is 0 Å². The molecule has 0 bridgehead atoms. The lowest BCUT2D eigenvalue weighted by molar-refractivity contribution is -0.122. The molecular formula is C35H32N2O6. The lowest BCUT2D eigenvalue weighted by Crippen LogP contribution is -2.54. The number of hydrogen-bond acceptors (Lipinski definition) is 6. The van der Waals surface area contributed by atoms with E-state index in [9.17, 15) is 14.4 Å². The molecule has 0 aliphatic carbocycles. The van der Waals surface area contributed by atoms with Crippen molar-refractivity contribution in [1.82, 2.24) is 5.32 Å². The van der Waals surface area contributed by atoms with Gasteiger partial charge in [-0.2, -0.15) is 0 Å². The van der Waals surface area contributed by atoms with Crippen LogP contribution >= 0.6 is 0 Å². The van der Waals surface area contributed by atoms with Crippen LogP contribution in [0.15, 0.2) is 97.1 Å². The van der Waals surface area contributed by atoms with Crippen LogP contribution in [0.3, 0.4) is 0 Å². The van der Waals surface area contributed by atoms with E-state index in [4.69, 9.17) is 14.2 Å². The second-order valence-electron chi connectivity index (χ2n) is 9.74. The number of anilines is 1. The van der Waals surface area contributed by atoms with Crippen molar-refractivity contribution in [3.8, 4) is 17.2 Å². The lowest BCUT2D eigenvalue weighted by Gasteiger charge is -2.26. The third-order valence-corrected chi connectivity index (χ3v) is 6.89. The number of barbiturate groups is 1. The van der Waals surface area contributed by atoms with E-state index in [2.05, 4.69) is 30.1 Å². The summed E-state index contributed by atoms with van der Waals surface area (Å²) in [4.78, 5) is 40.0. The molecule has 8 nitrogen and oxygen atoms in total. The number of rotatable bonds is 11. The van der Waals surface area contributed by atoms with Crippen LogP contribution in [-0.4, -0.2) is 31.1 Å². The van der Waals surface area contributed by atoms with Crippen molar-refractivity contribution in [3.63, 3.8) is 0 Å². The Morgan fingerprint density at radius 1 is 0.837 bits per heavy atom. The normalized spacial score (nSPS) is 14.1. The van der Waals surface area contributed by atoms with Gasteiger partial charge in [0.2, 0.25) is 0 Å². The molecule has 1 aliphatic rings. The number of nitrogens with one attached hydrogen (secondary N) is 1. The quantitative estimate of drug-likeness (QED) is 0.123. The van der Waals surface area contributed by atoms with Gasteiger partial charge in [-0.25, -0.2) is 9.69 Å². The Morgan fingerprint density at radius 3 is 2.33 bits per heavy atom. The Bertz CT molecular complexity index is 1720. The Hall–Kier alpha value is -5.37. The van der Waals surface area contributed by atoms with E-state index in [0.29, 0.717) is 54.7 Å². The molecule has 5 rings (SSSR count). The second kappa shape index (κ2) is 13.1. The van der Waals surface area contributed by atoms with Crippen molar-refractivity contribution in [3.05, 3.63) is 114 Å². The highest BCUT2D eigenvalue weighted by Crippen LogP contribution is 2.36. The fraction of sp³-hybridized carbons (Fsp3) is 0.171. The zero-order chi connectivity index (χ0) is 30.3. The minimum atomic E-state index is -0.823. The molecule has 0 atom stereocenters. The molecule has 0 aromatic heterocycles. The van der Waals surface area contributed by atoms with Gasteiger partial charge in [-0.3, -0.25) is 14.9 Å². The van der Waals surface area contributed by atoms with Gasteiger partial charge in [0.25, 0.3) is 11.8 Å². The molecule has 0 saturated carbocycles. The van der Waals surface area contributed by atoms with E-state index >= 15 is 0 Å². The maximum absolute atomic E-state index is 13.5. The first-order valence-corrected chi connectivity index (χ1v) is 14.1. The summed E-state index contributed by atoms with van der Waals surface area (Å²) < 4.78 is 17.8. The molecule has 1 heterocycles. The van der Waals surface area contributed by atoms with Gasteiger partial charge < -0.3 is 14.2 Å². The molecule has 1 fully saturated rings. The largest absolute Gasteiger partial charge is 0.494 e. The predicted octanol–water partition coefficient (Wildman–Crippen LogP) is 6.61. The highest BCUT2D eigenvalue weighted by atomic mass is 16.5. The number of nitrogens with zero attached hydrogens (tertiary/aromatic N) is 1. The lowest BCUT2D eigenvalue weighted by atomic mass is 10.0. The van der Waals surface area contributed by atoms with Crippen LogP contribution in [-0.2, 0) is 22.6 Å². The van der Waals surface area contributed by atoms with Gasteiger partial charge in [-0.05, 0) is 84.6 Å². The SMILES string of the molecule is C=CCc1cc(/C=C2\C(=O)NC(=O)N(c3ccc(OCC)cc3)C2=O)cc(OCC)c1OCc1cccc2ccccc12. The number of carbonyl (C=O) groups is 3. The maximum Gasteiger partial charge on any atom is 0.335 e. The van der Waals surface area contributed by atoms with Gasteiger partial charge in [-0.1, -0.05) is 48.5 Å². The Labute approximate surface area is 250 Å². The van der Waals surface area contributed by atoms with Crippen molar-refractivity contribution >= 4 is 40.4 Å². The molecule has 4 amide bonds. The molecule has 0 unspecified atom stereocenters. The molecular weight excluding hydrogens is 544 g/mol. The maximum atomic E-state index is 13.5. The molecule has 1 aliphatic heterocycles. The van der Waals surface area contributed by atoms with Gasteiger partial charge >= 0.3 is 6.03 Å². The third kappa shape index (κ3) is 6.28. The molecule has 0 spiro atoms. The molecule has 4 aromatic carbocycles. The summed E-state index contributed by atoms with van der Waals surface area (Å²) in [7, 11) is 0. The van der Waals surface area contributed by atoms with Crippen LogP contribution in [0.5, 0.6) is 17.2 Å². The van der Waals surface area contributed by atoms with Crippen LogP contribution in [0.1, 0.15) is 30.5 Å². The number of carbonyl (C=O) groups excluding carboxylic acids is 3. The predicted molar refractivity (Wildman–Crippen MR) is 166 cm³/mol. The molecule has 1 saturated heterocycles. The van der Waals surface area contributed by atoms with Crippen molar-refractivity contribution in [1.29, 1.82) is 0 Å². The number of allylic oxidation sites excluding steroid dienone is 1. The topological polar surface area (TPSA) is 94.2 Å². The average Bonchev–Trinajstić information content (AvgIpc) is 3.00. The van der Waals surface area contributed by atoms with Crippen LogP contribution in [0.25, 0.3) is 16.8 Å². The first-order chi connectivity index (χ1) is 20.9. The number of imide groups is 2. The van der Waals surface area contributed by atoms with E-state index in [1.165, 1.54) is 6.08 Å². The average molecular weight is 577 g/mol. The van der Waals surface area contributed by atoms with Gasteiger partial charge in [0.15, 0.2) is 11.5 Å². The fourth-order valence-corrected chi connectivity index (χ4v) is 4.99. The molecule has 43 heavy (non-hydrogen) atoms. The molecule has 4 aromatic rings. The van der Waals surface area contributed by atoms with Gasteiger partial charge in [-0.15, -0.1) is 6.58 Å². The fourth-order valence-electron chi connectivity index (χ4n) is 4.99. The summed E-state index contributed by atoms with van der Waals surface area (Å²) in [5.74, 6) is 0.109. The minimum absolute atomic E-state index is 0.190. The standard InChI is InChI=1S/C35H32N2O6/c1-4-10-25-19-23(20-30-33(38)36-35(40)37(34(30)39)27-15-17-28(18-16-27)41-5-2)21-31(42-6-3)32(25)43-22-26-13-9-12-24-11-7-8-14-29(24)26/h4,7-9,11-21H,1,5-6,10,22H2,2-3H3,(H,36,38,40)/b30-20+. The van der Waals surface area contributed by atoms with Gasteiger partial charge in [0.1, 0.15) is 17.9 Å². The summed E-state index contributed by atoms with van der Waals surface area (Å²) in [6, 6.07) is 23.4. The molecule has 0 radical (unpaired) electrons. The third-order valence-electron chi connectivity index (χ3n) is 6.89. The number of ether oxygens (including phenoxy) is 3. The van der Waals surface area contributed by atoms with Crippen LogP contribution < -0.4 is 24.4 Å². The Balaban J connectivity index is 1.49. The highest BCUT2D eigenvalue weighted by molar-refractivity contribution is 6.39. The van der Waals surface area contributed by atoms with Crippen LogP contribution in [0.2, 0.25) is 0 Å². The van der Waals surface area contributed by atoms with E-state index in [-0.39, 0.29) is 5.57 Å². The molecule has 8 heteroatoms. The number of fused-ring (bicyclic) bond motifs is 1. The van der Waals surface area contributed by atoms with Crippen molar-refractivity contribution in [2.75, 3.05) is 18.1 Å². The van der Waals surface area contributed by atoms with E-state index < -0.39 is 17.8 Å². The number of hydrogen-bond donors (Lipinski definition) is 1. The summed E-state index contributed by atoms with van der Waals surface area (Å²) in [5, 5.41) is 4.49. The molecule has 1 N–H and O–H groups in total. The number of benzene rings is 4. The number of amides is 4. The first kappa shape index (κ1) is 29.1. The van der Waals surface area contributed by atoms with Crippen molar-refractivity contribution < 1.29 is 28.6 Å². The monoisotopic (exact) mass is 576 g/mol. The van der Waals surface area contributed by atoms with E-state index in [0.717, 1.165) is 26.8 Å². The minimum Gasteiger partial charge on any atom is -0.494 e. The number of urea groups is 1. The van der Waals surface area contributed by atoms with Crippen LogP contribution in [0.4, 0.5) is 10.5 Å². The second-order valence-corrected chi connectivity index (χ2v) is 9.74. The summed E-state index contributed by atoms with van der Waals surface area (Å²) in [5.41, 5.74) is 2.46. The smallest absolute Gasteiger partial charge is 0.335 e. The Morgan fingerprint density at radius 2 is 1.58 bits per heavy atom. The zero-order valence-corrected chi connectivity index (χ0v) is 24.1. The van der Waals surface area contributed by atoms with Gasteiger partial charge in [0, 0.05) is 5.56 Å². The summed E-state index contributed by atoms with van der Waals surface area (Å²) >= 11 is 0. The zero-order valence-electron chi connectivity index (χ0n) is 24.1. The van der Waals surface area contributed by atoms with Crippen LogP contribution in [0, 0.1) is 0 Å². The summed E-state index contributed by atoms with van der Waals surface area (Å²) in [6.45, 7) is 8.78. The highest BCUT2D eigenvalue weighted by Gasteiger charge is 2.37. The van der Waals surface area contributed by atoms with Crippen molar-refractivity contribution in [2.45, 2.75) is 26.9 Å². The van der Waals surface area contributed by atoms with E-state index in [1.807, 2.05) is 44.2 Å². The summed E-state index contributed by atoms with van der Waals surface area (Å²) in [6.07, 6.45) is 3.66. The first-order valence-electron chi connectivity index (χ1n) is 14.1. The Kier molecular flexibility index (Phi) is 8.86. The van der Waals surface area contributed by atoms with Gasteiger partial charge in [0.05, 0.1) is 18.9 Å². The molecule has 218 valence electrons. The van der Waals surface area contributed by atoms with E-state index in [1.54, 1.807) is 36.4 Å².